The predicted molar refractivity (Wildman–Crippen MR) is 196 cm³/mol. The van der Waals surface area contributed by atoms with Crippen LogP contribution < -0.4 is 31.8 Å². The molecule has 0 saturated carbocycles. The number of nitrogens with one attached hydrogen (secondary N) is 3. The number of oxime groups is 1. The Morgan fingerprint density at radius 1 is 1.16 bits per heavy atom. The Hall–Kier alpha value is -6.45. The molecule has 1 aliphatic heterocycles. The molecule has 5 heterocycles. The van der Waals surface area contributed by atoms with Crippen LogP contribution in [-0.4, -0.2) is 118 Å². The van der Waals surface area contributed by atoms with Gasteiger partial charge < -0.3 is 41.9 Å². The number of nitrogens with zero attached hydrogens (tertiary/aromatic N) is 7. The first kappa shape index (κ1) is 41.7. The summed E-state index contributed by atoms with van der Waals surface area (Å²) in [5, 5.41) is 41.2. The van der Waals surface area contributed by atoms with Gasteiger partial charge in [-0.1, -0.05) is 5.16 Å². The van der Waals surface area contributed by atoms with Crippen molar-refractivity contribution in [1.29, 1.82) is 0 Å². The second-order valence-corrected chi connectivity index (χ2v) is 15.8. The summed E-state index contributed by atoms with van der Waals surface area (Å²) in [6, 6.07) is -2.34. The third-order valence-corrected chi connectivity index (χ3v) is 10.8. The quantitative estimate of drug-likeness (QED) is 0.0114. The summed E-state index contributed by atoms with van der Waals surface area (Å²) in [5.74, 6) is -6.00. The number of anilines is 1. The average molecular weight is 853 g/mol. The predicted octanol–water partition coefficient (Wildman–Crippen LogP) is -2.09. The molecule has 57 heavy (non-hydrogen) atoms. The Balaban J connectivity index is 1.21. The second kappa shape index (κ2) is 16.3. The number of pyridine rings is 1. The number of aromatic hydroxyl groups is 1. The number of carboxylic acid groups (broad SMARTS) is 1. The number of amides is 4. The van der Waals surface area contributed by atoms with Crippen molar-refractivity contribution in [2.75, 3.05) is 18.8 Å². The number of carboxylic acids is 1. The lowest BCUT2D eigenvalue weighted by Gasteiger charge is -2.44. The van der Waals surface area contributed by atoms with Gasteiger partial charge in [0.15, 0.2) is 23.6 Å². The Labute approximate surface area is 328 Å². The Morgan fingerprint density at radius 3 is 2.53 bits per heavy atom. The molecule has 0 aliphatic carbocycles. The maximum absolute atomic E-state index is 13.3. The van der Waals surface area contributed by atoms with E-state index in [2.05, 4.69) is 31.1 Å². The van der Waals surface area contributed by atoms with E-state index in [1.54, 1.807) is 28.8 Å². The summed E-state index contributed by atoms with van der Waals surface area (Å²) in [6.45, 7) is 2.29. The van der Waals surface area contributed by atoms with E-state index in [0.717, 1.165) is 42.6 Å². The number of carbonyl (C=O) groups is 5. The molecule has 1 saturated heterocycles. The van der Waals surface area contributed by atoms with E-state index >= 15 is 0 Å². The van der Waals surface area contributed by atoms with Gasteiger partial charge in [-0.25, -0.2) is 19.1 Å². The highest BCUT2D eigenvalue weighted by Gasteiger charge is 2.54. The Morgan fingerprint density at radius 2 is 1.88 bits per heavy atom. The number of nitrogens with two attached hydrogens (primary N) is 1. The molecule has 0 spiro atoms. The van der Waals surface area contributed by atoms with Gasteiger partial charge in [-0.2, -0.15) is 17.8 Å². The number of rotatable bonds is 16. The molecule has 5 rings (SSSR count). The summed E-state index contributed by atoms with van der Waals surface area (Å²) in [4.78, 5) is 88.2. The Kier molecular flexibility index (Phi) is 12.0. The number of nitrogen functional groups attached to an aromatic ring is 1. The summed E-state index contributed by atoms with van der Waals surface area (Å²) >= 11 is 1.89. The minimum atomic E-state index is -5.15. The Bertz CT molecular complexity index is 2450. The van der Waals surface area contributed by atoms with Gasteiger partial charge in [-0.3, -0.25) is 28.5 Å². The normalized spacial score (nSPS) is 15.8. The molecule has 2 atom stereocenters. The first-order valence-electron chi connectivity index (χ1n) is 16.2. The molecule has 0 radical (unpaired) electrons. The highest BCUT2D eigenvalue weighted by molar-refractivity contribution is 7.84. The number of aromatic nitrogens is 5. The molecule has 304 valence electrons. The summed E-state index contributed by atoms with van der Waals surface area (Å²) < 4.78 is 37.8. The number of β-lactam (4-membered cyclic amide) rings is 1. The van der Waals surface area contributed by atoms with Gasteiger partial charge in [0.25, 0.3) is 23.6 Å². The van der Waals surface area contributed by atoms with Gasteiger partial charge >= 0.3 is 16.3 Å². The van der Waals surface area contributed by atoms with Crippen molar-refractivity contribution >= 4 is 73.4 Å². The van der Waals surface area contributed by atoms with Crippen LogP contribution in [0.3, 0.4) is 0 Å². The summed E-state index contributed by atoms with van der Waals surface area (Å²) in [7, 11) is -3.41. The molecule has 0 aromatic carbocycles. The van der Waals surface area contributed by atoms with Gasteiger partial charge in [0, 0.05) is 24.5 Å². The molecule has 27 heteroatoms. The van der Waals surface area contributed by atoms with Crippen LogP contribution >= 0.6 is 22.7 Å². The van der Waals surface area contributed by atoms with Crippen molar-refractivity contribution in [2.45, 2.75) is 44.5 Å². The van der Waals surface area contributed by atoms with E-state index < -0.39 is 81.0 Å². The molecule has 4 aromatic rings. The number of hydrogen-bond acceptors (Lipinski definition) is 17. The molecule has 24 nitrogen and oxygen atoms in total. The fourth-order valence-electron chi connectivity index (χ4n) is 5.08. The molecule has 4 aromatic heterocycles. The molecule has 1 fully saturated rings. The SMILES string of the molecule is C[n+]1cc(-c2ncc(C(=O)NCC3C(NC(=O)/C(=N\OC(C)(C)C(=O)O)c4csc(N)n4)C(=O)N3S(=O)(=O)O)s2)cn1CCCNC(=O)c1cc(=O)c(O)cn1O. The van der Waals surface area contributed by atoms with Crippen LogP contribution in [0.2, 0.25) is 0 Å². The molecule has 4 amide bonds. The zero-order valence-corrected chi connectivity index (χ0v) is 32.3. The number of carbonyl (C=O) groups excluding carboxylic acids is 4. The lowest BCUT2D eigenvalue weighted by atomic mass is 9.98. The number of thiazole rings is 2. The van der Waals surface area contributed by atoms with Gasteiger partial charge in [0.2, 0.25) is 17.2 Å². The van der Waals surface area contributed by atoms with Crippen molar-refractivity contribution in [3.05, 3.63) is 62.7 Å². The molecular weight excluding hydrogens is 819 g/mol. The molecular formula is C30H34N11O13S3+. The highest BCUT2D eigenvalue weighted by Crippen LogP contribution is 2.26. The summed E-state index contributed by atoms with van der Waals surface area (Å²) in [6.07, 6.45) is 5.85. The lowest BCUT2D eigenvalue weighted by Crippen LogP contribution is -2.74. The van der Waals surface area contributed by atoms with E-state index in [0.29, 0.717) is 34.5 Å². The fraction of sp³-hybridized carbons (Fsp3) is 0.333. The van der Waals surface area contributed by atoms with Crippen LogP contribution in [0.5, 0.6) is 5.75 Å². The maximum atomic E-state index is 13.3. The summed E-state index contributed by atoms with van der Waals surface area (Å²) in [5.41, 5.74) is 2.43. The third-order valence-electron chi connectivity index (χ3n) is 8.13. The third kappa shape index (κ3) is 9.34. The van der Waals surface area contributed by atoms with Crippen molar-refractivity contribution in [3.63, 3.8) is 0 Å². The van der Waals surface area contributed by atoms with Crippen molar-refractivity contribution < 1.29 is 61.9 Å². The van der Waals surface area contributed by atoms with Gasteiger partial charge in [-0.05, 0) is 20.3 Å². The highest BCUT2D eigenvalue weighted by atomic mass is 32.2. The number of hydrogen-bond donors (Lipinski definition) is 8. The van der Waals surface area contributed by atoms with E-state index in [1.165, 1.54) is 11.6 Å². The molecule has 9 N–H and O–H groups in total. The van der Waals surface area contributed by atoms with E-state index in [-0.39, 0.29) is 32.2 Å². The van der Waals surface area contributed by atoms with Gasteiger partial charge in [-0.15, -0.1) is 27.4 Å². The molecule has 2 unspecified atom stereocenters. The minimum absolute atomic E-state index is 0.00802. The van der Waals surface area contributed by atoms with E-state index in [4.69, 9.17) is 10.6 Å². The minimum Gasteiger partial charge on any atom is -0.503 e. The zero-order chi connectivity index (χ0) is 42.0. The smallest absolute Gasteiger partial charge is 0.362 e. The lowest BCUT2D eigenvalue weighted by molar-refractivity contribution is -0.753. The van der Waals surface area contributed by atoms with Crippen LogP contribution in [0.15, 0.2) is 46.2 Å². The van der Waals surface area contributed by atoms with Crippen molar-refractivity contribution in [1.82, 2.24) is 39.6 Å². The van der Waals surface area contributed by atoms with Crippen LogP contribution in [-0.2, 0) is 43.1 Å². The fourth-order valence-corrected chi connectivity index (χ4v) is 7.31. The molecule has 0 bridgehead atoms. The van der Waals surface area contributed by atoms with Crippen LogP contribution in [0.25, 0.3) is 10.6 Å². The average Bonchev–Trinajstić information content (AvgIpc) is 3.88. The topological polar surface area (TPSA) is 344 Å². The van der Waals surface area contributed by atoms with E-state index in [9.17, 15) is 57.2 Å². The van der Waals surface area contributed by atoms with Crippen LogP contribution in [0, 0.1) is 0 Å². The van der Waals surface area contributed by atoms with Crippen LogP contribution in [0.1, 0.15) is 46.1 Å². The van der Waals surface area contributed by atoms with Crippen molar-refractivity contribution in [2.24, 2.45) is 12.2 Å². The molecule has 1 aliphatic rings. The van der Waals surface area contributed by atoms with Gasteiger partial charge in [0.05, 0.1) is 36.7 Å². The maximum Gasteiger partial charge on any atom is 0.362 e. The number of aliphatic carboxylic acids is 1. The van der Waals surface area contributed by atoms with Crippen molar-refractivity contribution in [3.8, 4) is 16.3 Å². The van der Waals surface area contributed by atoms with Crippen LogP contribution in [0.4, 0.5) is 5.13 Å². The second-order valence-electron chi connectivity index (χ2n) is 12.6. The largest absolute Gasteiger partial charge is 0.503 e. The van der Waals surface area contributed by atoms with E-state index in [1.807, 2.05) is 0 Å². The number of aryl methyl sites for hydroxylation is 2. The first-order valence-corrected chi connectivity index (χ1v) is 19.3. The monoisotopic (exact) mass is 852 g/mol. The first-order chi connectivity index (χ1) is 26.7. The zero-order valence-electron chi connectivity index (χ0n) is 29.8. The van der Waals surface area contributed by atoms with Gasteiger partial charge in [0.1, 0.15) is 27.3 Å². The standard InChI is InChI=1S/C30H33N11O13S3/c1-30(2,28(48)49)54-37-21(15-13-55-29(31)35-15)25(46)36-22-17(41(27(22)47)57(51,52)53)8-33-24(45)20-9-34-26(56-20)14-10-38(3)39(11-14)6-4-5-32-23(44)16-7-18(42)19(43)12-40(16)50/h7,9-13,17,22,50H,4-6,8H2,1-3H3,(H7-,31,32,33,35,36,43,44,45,46,48,49,51,52,53)/p+1/b37-21-.